The number of ether oxygens (including phenoxy) is 1. The highest BCUT2D eigenvalue weighted by Gasteiger charge is 2.25. The number of aromatic nitrogens is 1. The zero-order valence-electron chi connectivity index (χ0n) is 13.2. The highest BCUT2D eigenvalue weighted by atomic mass is 32.1. The van der Waals surface area contributed by atoms with Crippen molar-refractivity contribution in [3.63, 3.8) is 0 Å². The number of benzene rings is 1. The summed E-state index contributed by atoms with van der Waals surface area (Å²) in [5.74, 6) is 0. The minimum absolute atomic E-state index is 0.0269. The molecule has 1 aromatic heterocycles. The second-order valence-electron chi connectivity index (χ2n) is 6.35. The summed E-state index contributed by atoms with van der Waals surface area (Å²) in [7, 11) is 1.73. The molecule has 0 fully saturated rings. The van der Waals surface area contributed by atoms with Crippen LogP contribution in [0.1, 0.15) is 37.4 Å². The van der Waals surface area contributed by atoms with Crippen LogP contribution in [0.15, 0.2) is 29.6 Å². The molecule has 4 heteroatoms. The van der Waals surface area contributed by atoms with Crippen molar-refractivity contribution in [3.8, 4) is 11.3 Å². The lowest BCUT2D eigenvalue weighted by Crippen LogP contribution is -2.26. The summed E-state index contributed by atoms with van der Waals surface area (Å²) < 4.78 is 5.10. The molecule has 0 bridgehead atoms. The van der Waals surface area contributed by atoms with Crippen molar-refractivity contribution >= 4 is 11.3 Å². The van der Waals surface area contributed by atoms with E-state index in [9.17, 15) is 0 Å². The van der Waals surface area contributed by atoms with E-state index in [0.717, 1.165) is 29.3 Å². The van der Waals surface area contributed by atoms with E-state index in [0.29, 0.717) is 0 Å². The van der Waals surface area contributed by atoms with Gasteiger partial charge in [0.25, 0.3) is 0 Å². The number of nitrogens with zero attached hydrogens (tertiary/aromatic N) is 1. The number of thiazole rings is 1. The Balaban J connectivity index is 2.14. The van der Waals surface area contributed by atoms with Crippen LogP contribution in [0.5, 0.6) is 0 Å². The van der Waals surface area contributed by atoms with Crippen LogP contribution in [0, 0.1) is 5.41 Å². The molecule has 3 nitrogen and oxygen atoms in total. The van der Waals surface area contributed by atoms with Crippen molar-refractivity contribution in [1.82, 2.24) is 4.98 Å². The molecule has 1 aromatic carbocycles. The largest absolute Gasteiger partial charge is 0.384 e. The first kappa shape index (κ1) is 16.1. The molecule has 0 radical (unpaired) electrons. The van der Waals surface area contributed by atoms with Crippen molar-refractivity contribution in [2.45, 2.75) is 33.2 Å². The molecule has 1 heterocycles. The topological polar surface area (TPSA) is 48.1 Å². The molecule has 0 spiro atoms. The van der Waals surface area contributed by atoms with Gasteiger partial charge in [0, 0.05) is 18.1 Å². The van der Waals surface area contributed by atoms with Gasteiger partial charge in [-0.2, -0.15) is 0 Å². The fourth-order valence-corrected chi connectivity index (χ4v) is 3.07. The van der Waals surface area contributed by atoms with E-state index >= 15 is 0 Å². The lowest BCUT2D eigenvalue weighted by atomic mass is 9.88. The molecule has 2 rings (SSSR count). The summed E-state index contributed by atoms with van der Waals surface area (Å²) in [4.78, 5) is 4.71. The molecule has 0 saturated carbocycles. The molecular weight excluding hydrogens is 280 g/mol. The average Bonchev–Trinajstić information content (AvgIpc) is 2.93. The van der Waals surface area contributed by atoms with Gasteiger partial charge in [0.15, 0.2) is 0 Å². The summed E-state index contributed by atoms with van der Waals surface area (Å²) in [5.41, 5.74) is 9.73. The van der Waals surface area contributed by atoms with E-state index in [-0.39, 0.29) is 11.5 Å². The van der Waals surface area contributed by atoms with Gasteiger partial charge >= 0.3 is 0 Å². The summed E-state index contributed by atoms with van der Waals surface area (Å²) in [6.45, 7) is 7.18. The van der Waals surface area contributed by atoms with Gasteiger partial charge in [0.1, 0.15) is 5.01 Å². The van der Waals surface area contributed by atoms with Crippen LogP contribution in [-0.4, -0.2) is 18.7 Å². The van der Waals surface area contributed by atoms with E-state index in [4.69, 9.17) is 15.5 Å². The van der Waals surface area contributed by atoms with Crippen LogP contribution < -0.4 is 5.73 Å². The second kappa shape index (κ2) is 6.69. The van der Waals surface area contributed by atoms with Crippen molar-refractivity contribution in [1.29, 1.82) is 0 Å². The first-order valence-electron chi connectivity index (χ1n) is 7.21. The number of rotatable bonds is 5. The molecule has 1 unspecified atom stereocenters. The van der Waals surface area contributed by atoms with E-state index < -0.39 is 0 Å². The first-order valence-corrected chi connectivity index (χ1v) is 8.09. The van der Waals surface area contributed by atoms with Crippen molar-refractivity contribution in [3.05, 3.63) is 40.2 Å². The fraction of sp³-hybridized carbons (Fsp3) is 0.471. The van der Waals surface area contributed by atoms with Crippen LogP contribution in [0.4, 0.5) is 0 Å². The molecule has 0 aliphatic heterocycles. The second-order valence-corrected chi connectivity index (χ2v) is 7.24. The summed E-state index contributed by atoms with van der Waals surface area (Å²) in [5, 5.41) is 3.09. The average molecular weight is 304 g/mol. The van der Waals surface area contributed by atoms with Gasteiger partial charge < -0.3 is 10.5 Å². The third-order valence-electron chi connectivity index (χ3n) is 3.57. The lowest BCUT2D eigenvalue weighted by molar-refractivity contribution is 0.202. The normalized spacial score (nSPS) is 13.4. The predicted molar refractivity (Wildman–Crippen MR) is 89.5 cm³/mol. The Morgan fingerprint density at radius 3 is 2.48 bits per heavy atom. The zero-order valence-corrected chi connectivity index (χ0v) is 14.0. The Morgan fingerprint density at radius 2 is 1.90 bits per heavy atom. The maximum Gasteiger partial charge on any atom is 0.111 e. The molecule has 0 amide bonds. The van der Waals surface area contributed by atoms with Crippen LogP contribution in [0.25, 0.3) is 11.3 Å². The van der Waals surface area contributed by atoms with E-state index in [1.54, 1.807) is 18.4 Å². The predicted octanol–water partition coefficient (Wildman–Crippen LogP) is 4.04. The Bertz CT molecular complexity index is 569. The van der Waals surface area contributed by atoms with E-state index in [1.807, 2.05) is 0 Å². The third-order valence-corrected chi connectivity index (χ3v) is 4.49. The minimum atomic E-state index is -0.0303. The Morgan fingerprint density at radius 1 is 1.24 bits per heavy atom. The Kier molecular flexibility index (Phi) is 5.14. The minimum Gasteiger partial charge on any atom is -0.384 e. The maximum atomic E-state index is 6.28. The third kappa shape index (κ3) is 4.13. The van der Waals surface area contributed by atoms with Gasteiger partial charge in [-0.15, -0.1) is 11.3 Å². The van der Waals surface area contributed by atoms with Gasteiger partial charge in [0.2, 0.25) is 0 Å². The SMILES string of the molecule is COCCc1ccc(-c2csc(C(N)C(C)(C)C)n2)cc1. The number of nitrogens with two attached hydrogens (primary N) is 1. The highest BCUT2D eigenvalue weighted by Crippen LogP contribution is 2.34. The molecule has 0 aliphatic rings. The van der Waals surface area contributed by atoms with Crippen molar-refractivity contribution in [2.24, 2.45) is 11.1 Å². The molecule has 0 saturated heterocycles. The number of hydrogen-bond donors (Lipinski definition) is 1. The van der Waals surface area contributed by atoms with Crippen molar-refractivity contribution in [2.75, 3.05) is 13.7 Å². The molecule has 0 aliphatic carbocycles. The van der Waals surface area contributed by atoms with Crippen LogP contribution in [0.3, 0.4) is 0 Å². The summed E-state index contributed by atoms with van der Waals surface area (Å²) in [6.07, 6.45) is 0.938. The van der Waals surface area contributed by atoms with E-state index in [2.05, 4.69) is 50.4 Å². The maximum absolute atomic E-state index is 6.28. The monoisotopic (exact) mass is 304 g/mol. The standard InChI is InChI=1S/C17H24N2OS/c1-17(2,3)15(18)16-19-14(11-21-16)13-7-5-12(6-8-13)9-10-20-4/h5-8,11,15H,9-10,18H2,1-4H3. The fourth-order valence-electron chi connectivity index (χ4n) is 2.00. The quantitative estimate of drug-likeness (QED) is 0.906. The zero-order chi connectivity index (χ0) is 15.5. The number of methoxy groups -OCH3 is 1. The summed E-state index contributed by atoms with van der Waals surface area (Å²) in [6, 6.07) is 8.48. The van der Waals surface area contributed by atoms with Crippen molar-refractivity contribution < 1.29 is 4.74 Å². The van der Waals surface area contributed by atoms with Gasteiger partial charge in [-0.3, -0.25) is 0 Å². The molecule has 1 atom stereocenters. The van der Waals surface area contributed by atoms with Crippen LogP contribution >= 0.6 is 11.3 Å². The molecule has 2 N–H and O–H groups in total. The molecule has 2 aromatic rings. The Hall–Kier alpha value is -1.23. The van der Waals surface area contributed by atoms with Crippen LogP contribution in [-0.2, 0) is 11.2 Å². The molecule has 21 heavy (non-hydrogen) atoms. The lowest BCUT2D eigenvalue weighted by Gasteiger charge is -2.24. The summed E-state index contributed by atoms with van der Waals surface area (Å²) >= 11 is 1.64. The van der Waals surface area contributed by atoms with Gasteiger partial charge in [-0.1, -0.05) is 45.0 Å². The van der Waals surface area contributed by atoms with E-state index in [1.165, 1.54) is 5.56 Å². The Labute approximate surface area is 131 Å². The van der Waals surface area contributed by atoms with Crippen LogP contribution in [0.2, 0.25) is 0 Å². The number of hydrogen-bond acceptors (Lipinski definition) is 4. The molecule has 114 valence electrons. The smallest absolute Gasteiger partial charge is 0.111 e. The highest BCUT2D eigenvalue weighted by molar-refractivity contribution is 7.10. The van der Waals surface area contributed by atoms with Gasteiger partial charge in [0.05, 0.1) is 18.3 Å². The molecular formula is C17H24N2OS. The van der Waals surface area contributed by atoms with Gasteiger partial charge in [-0.25, -0.2) is 4.98 Å². The van der Waals surface area contributed by atoms with Gasteiger partial charge in [-0.05, 0) is 17.4 Å². The first-order chi connectivity index (χ1) is 9.91.